The summed E-state index contributed by atoms with van der Waals surface area (Å²) in [4.78, 5) is 38.4. The van der Waals surface area contributed by atoms with Crippen molar-refractivity contribution in [3.63, 3.8) is 0 Å². The van der Waals surface area contributed by atoms with Gasteiger partial charge in [-0.25, -0.2) is 0 Å². The van der Waals surface area contributed by atoms with Gasteiger partial charge in [0.25, 0.3) is 5.91 Å². The zero-order valence-electron chi connectivity index (χ0n) is 29.7. The van der Waals surface area contributed by atoms with Crippen molar-refractivity contribution in [1.29, 1.82) is 0 Å². The molecule has 3 rings (SSSR count). The van der Waals surface area contributed by atoms with Crippen molar-refractivity contribution in [3.05, 3.63) is 36.4 Å². The maximum Gasteiger partial charge on any atom is 0.325 e. The molecule has 0 radical (unpaired) electrons. The fourth-order valence-corrected chi connectivity index (χ4v) is 10.3. The SMILES string of the molecule is COc1cc(OC)c([P+](CC(=O)NCC(=O)N[C@@H](C)C(=O)O)(c2c(OC)cc(OC)cc2OC)c2c(OC)cc(OC)cc2OC)c(OC)c1. The molecule has 0 saturated carbocycles. The van der Waals surface area contributed by atoms with Gasteiger partial charge in [-0.15, -0.1) is 0 Å². The molecule has 0 unspecified atom stereocenters. The summed E-state index contributed by atoms with van der Waals surface area (Å²) in [5.41, 5.74) is 0. The van der Waals surface area contributed by atoms with Crippen molar-refractivity contribution in [3.8, 4) is 51.7 Å². The summed E-state index contributed by atoms with van der Waals surface area (Å²) < 4.78 is 52.8. The predicted molar refractivity (Wildman–Crippen MR) is 187 cm³/mol. The number of carbonyl (C=O) groups is 3. The molecule has 16 heteroatoms. The maximum atomic E-state index is 14.4. The summed E-state index contributed by atoms with van der Waals surface area (Å²) in [6.45, 7) is 0.784. The Labute approximate surface area is 291 Å². The van der Waals surface area contributed by atoms with Gasteiger partial charge in [-0.05, 0) is 6.92 Å². The molecule has 0 heterocycles. The molecule has 3 aromatic carbocycles. The van der Waals surface area contributed by atoms with Crippen LogP contribution in [-0.2, 0) is 14.4 Å². The summed E-state index contributed by atoms with van der Waals surface area (Å²) >= 11 is 0. The molecule has 0 aromatic heterocycles. The van der Waals surface area contributed by atoms with Crippen LogP contribution in [0.3, 0.4) is 0 Å². The molecule has 0 fully saturated rings. The maximum absolute atomic E-state index is 14.4. The average Bonchev–Trinajstić information content (AvgIpc) is 3.14. The first kappa shape index (κ1) is 39.1. The highest BCUT2D eigenvalue weighted by Crippen LogP contribution is 2.66. The topological polar surface area (TPSA) is 179 Å². The van der Waals surface area contributed by atoms with Gasteiger partial charge < -0.3 is 58.4 Å². The summed E-state index contributed by atoms with van der Waals surface area (Å²) in [7, 11) is 9.57. The number of hydrogen-bond acceptors (Lipinski definition) is 12. The minimum Gasteiger partial charge on any atom is -0.496 e. The summed E-state index contributed by atoms with van der Waals surface area (Å²) in [6, 6.07) is 8.71. The number of amides is 2. The normalized spacial score (nSPS) is 11.4. The van der Waals surface area contributed by atoms with Crippen molar-refractivity contribution in [2.45, 2.75) is 13.0 Å². The van der Waals surface area contributed by atoms with Gasteiger partial charge in [0.2, 0.25) is 5.91 Å². The van der Waals surface area contributed by atoms with Gasteiger partial charge in [0.05, 0.1) is 70.5 Å². The highest BCUT2D eigenvalue weighted by atomic mass is 31.2. The van der Waals surface area contributed by atoms with Crippen LogP contribution in [0.2, 0.25) is 0 Å². The van der Waals surface area contributed by atoms with Gasteiger partial charge in [-0.3, -0.25) is 14.4 Å². The first-order valence-electron chi connectivity index (χ1n) is 15.0. The van der Waals surface area contributed by atoms with E-state index < -0.39 is 37.6 Å². The van der Waals surface area contributed by atoms with Crippen molar-refractivity contribution in [2.24, 2.45) is 0 Å². The van der Waals surface area contributed by atoms with Crippen LogP contribution in [0.1, 0.15) is 6.92 Å². The van der Waals surface area contributed by atoms with E-state index in [9.17, 15) is 19.5 Å². The van der Waals surface area contributed by atoms with E-state index in [0.29, 0.717) is 33.2 Å². The monoisotopic (exact) mass is 719 g/mol. The molecule has 0 aliphatic carbocycles. The smallest absolute Gasteiger partial charge is 0.325 e. The first-order valence-corrected chi connectivity index (χ1v) is 17.0. The van der Waals surface area contributed by atoms with Crippen molar-refractivity contribution in [2.75, 3.05) is 76.7 Å². The van der Waals surface area contributed by atoms with E-state index in [1.807, 2.05) is 0 Å². The number of hydrogen-bond donors (Lipinski definition) is 3. The van der Waals surface area contributed by atoms with Gasteiger partial charge in [0, 0.05) is 36.4 Å². The molecule has 272 valence electrons. The van der Waals surface area contributed by atoms with E-state index in [0.717, 1.165) is 0 Å². The Hall–Kier alpha value is -5.30. The Morgan fingerprint density at radius 1 is 0.560 bits per heavy atom. The lowest BCUT2D eigenvalue weighted by Crippen LogP contribution is -2.46. The summed E-state index contributed by atoms with van der Waals surface area (Å²) in [5.74, 6) is 0.281. The van der Waals surface area contributed by atoms with Crippen molar-refractivity contribution < 1.29 is 62.1 Å². The Kier molecular flexibility index (Phi) is 13.6. The van der Waals surface area contributed by atoms with E-state index >= 15 is 0 Å². The van der Waals surface area contributed by atoms with Gasteiger partial charge >= 0.3 is 5.97 Å². The molecule has 0 spiro atoms. The average molecular weight is 720 g/mol. The van der Waals surface area contributed by atoms with Gasteiger partial charge in [-0.2, -0.15) is 0 Å². The molecule has 15 nitrogen and oxygen atoms in total. The predicted octanol–water partition coefficient (Wildman–Crippen LogP) is 1.76. The van der Waals surface area contributed by atoms with E-state index in [-0.39, 0.29) is 40.7 Å². The van der Waals surface area contributed by atoms with E-state index in [1.54, 1.807) is 36.4 Å². The van der Waals surface area contributed by atoms with Crippen LogP contribution in [0.15, 0.2) is 36.4 Å². The van der Waals surface area contributed by atoms with Crippen LogP contribution >= 0.6 is 7.26 Å². The quantitative estimate of drug-likeness (QED) is 0.162. The number of carbonyl (C=O) groups excluding carboxylic acids is 2. The van der Waals surface area contributed by atoms with Crippen molar-refractivity contribution >= 4 is 41.0 Å². The Morgan fingerprint density at radius 2 is 0.860 bits per heavy atom. The lowest BCUT2D eigenvalue weighted by Gasteiger charge is -2.33. The van der Waals surface area contributed by atoms with Crippen LogP contribution in [-0.4, -0.2) is 106 Å². The number of carboxylic acids is 1. The molecule has 1 atom stereocenters. The van der Waals surface area contributed by atoms with E-state index in [1.165, 1.54) is 70.9 Å². The van der Waals surface area contributed by atoms with Crippen LogP contribution in [0, 0.1) is 0 Å². The number of methoxy groups -OCH3 is 9. The molecular weight excluding hydrogens is 675 g/mol. The molecule has 50 heavy (non-hydrogen) atoms. The van der Waals surface area contributed by atoms with Crippen LogP contribution in [0.5, 0.6) is 51.7 Å². The molecule has 0 bridgehead atoms. The molecular formula is C34H44N2O13P+. The molecule has 0 aliphatic heterocycles. The Balaban J connectivity index is 2.63. The lowest BCUT2D eigenvalue weighted by atomic mass is 10.3. The van der Waals surface area contributed by atoms with Crippen LogP contribution in [0.4, 0.5) is 0 Å². The number of ether oxygens (including phenoxy) is 9. The number of aliphatic carboxylic acids is 1. The second-order valence-corrected chi connectivity index (χ2v) is 13.8. The zero-order valence-corrected chi connectivity index (χ0v) is 30.6. The van der Waals surface area contributed by atoms with Crippen molar-refractivity contribution in [1.82, 2.24) is 10.6 Å². The summed E-state index contributed by atoms with van der Waals surface area (Å²) in [5, 5.41) is 15.5. The summed E-state index contributed by atoms with van der Waals surface area (Å²) in [6.07, 6.45) is -0.369. The van der Waals surface area contributed by atoms with Gasteiger partial charge in [-0.1, -0.05) is 0 Å². The first-order chi connectivity index (χ1) is 23.9. The van der Waals surface area contributed by atoms with Gasteiger partial charge in [0.1, 0.15) is 30.6 Å². The highest BCUT2D eigenvalue weighted by Gasteiger charge is 2.59. The number of carboxylic acid groups (broad SMARTS) is 1. The third-order valence-electron chi connectivity index (χ3n) is 7.79. The minimum atomic E-state index is -3.68. The third kappa shape index (κ3) is 7.94. The number of rotatable bonds is 18. The van der Waals surface area contributed by atoms with E-state index in [2.05, 4.69) is 10.6 Å². The second-order valence-electron chi connectivity index (χ2n) is 10.5. The van der Waals surface area contributed by atoms with Crippen LogP contribution in [0.25, 0.3) is 0 Å². The zero-order chi connectivity index (χ0) is 37.2. The minimum absolute atomic E-state index is 0.273. The van der Waals surface area contributed by atoms with Crippen LogP contribution < -0.4 is 69.2 Å². The number of nitrogens with one attached hydrogen (secondary N) is 2. The molecule has 3 aromatic rings. The molecule has 0 aliphatic rings. The lowest BCUT2D eigenvalue weighted by molar-refractivity contribution is -0.141. The van der Waals surface area contributed by atoms with E-state index in [4.69, 9.17) is 42.6 Å². The second kappa shape index (κ2) is 17.4. The molecule has 2 amide bonds. The van der Waals surface area contributed by atoms with Gasteiger partial charge in [0.15, 0.2) is 56.6 Å². The Morgan fingerprint density at radius 3 is 1.10 bits per heavy atom. The fraction of sp³-hybridized carbons (Fsp3) is 0.382. The highest BCUT2D eigenvalue weighted by molar-refractivity contribution is 7.97. The molecule has 3 N–H and O–H groups in total. The number of benzene rings is 3. The molecule has 0 saturated heterocycles. The standard InChI is InChI=1S/C34H43N2O13P/c1-19(34(39)40)36-29(37)17-35-30(38)18-50(31-23(44-5)11-20(41-2)12-24(31)45-6,32-25(46-7)13-21(42-3)14-26(32)47-8)33-27(48-9)15-22(43-4)16-28(33)49-10/h11-16,19H,17-18H2,1-10H3,(H2-,35,36,37,38,39,40)/p+1/t19-/m0/s1. The fourth-order valence-electron chi connectivity index (χ4n) is 5.47. The largest absolute Gasteiger partial charge is 0.496 e. The third-order valence-corrected chi connectivity index (χ3v) is 12.2. The Bertz CT molecular complexity index is 1470.